The number of allylic oxidation sites excluding steroid dienone is 1. The van der Waals surface area contributed by atoms with Gasteiger partial charge in [-0.3, -0.25) is 0 Å². The van der Waals surface area contributed by atoms with Crippen molar-refractivity contribution in [1.29, 1.82) is 5.26 Å². The van der Waals surface area contributed by atoms with Crippen molar-refractivity contribution in [2.24, 2.45) is 0 Å². The van der Waals surface area contributed by atoms with Gasteiger partial charge in [0.1, 0.15) is 0 Å². The maximum Gasteiger partial charge on any atom is 0.0991 e. The molecule has 0 saturated heterocycles. The van der Waals surface area contributed by atoms with Crippen molar-refractivity contribution < 1.29 is 4.39 Å². The van der Waals surface area contributed by atoms with Crippen molar-refractivity contribution in [1.82, 2.24) is 0 Å². The lowest BCUT2D eigenvalue weighted by atomic mass is 10.1. The molecule has 1 nitrogen and oxygen atoms in total. The summed E-state index contributed by atoms with van der Waals surface area (Å²) in [6.45, 7) is 0. The maximum atomic E-state index is 11.6. The van der Waals surface area contributed by atoms with E-state index in [0.29, 0.717) is 18.3 Å². The zero-order valence-electron chi connectivity index (χ0n) is 6.50. The molecule has 0 aliphatic rings. The lowest BCUT2D eigenvalue weighted by molar-refractivity contribution is 0.716. The van der Waals surface area contributed by atoms with Crippen molar-refractivity contribution >= 4 is 0 Å². The van der Waals surface area contributed by atoms with Crippen LogP contribution in [0.3, 0.4) is 0 Å². The van der Waals surface area contributed by atoms with E-state index in [0.717, 1.165) is 5.56 Å². The summed E-state index contributed by atoms with van der Waals surface area (Å²) in [6.07, 6.45) is 2.53. The molecule has 0 aliphatic carbocycles. The first-order valence-electron chi connectivity index (χ1n) is 3.61. The molecule has 0 amide bonds. The predicted octanol–water partition coefficient (Wildman–Crippen LogP) is 2.58. The van der Waals surface area contributed by atoms with Crippen LogP contribution in [0.15, 0.2) is 36.7 Å². The summed E-state index contributed by atoms with van der Waals surface area (Å²) in [5.41, 5.74) is 1.63. The maximum absolute atomic E-state index is 11.6. The molecule has 0 spiro atoms. The fourth-order valence-corrected chi connectivity index (χ4v) is 0.896. The average Bonchev–Trinajstić information content (AvgIpc) is 2.15. The third-order valence-corrected chi connectivity index (χ3v) is 1.53. The first-order valence-corrected chi connectivity index (χ1v) is 3.61. The van der Waals surface area contributed by atoms with Crippen LogP contribution in [-0.2, 0) is 6.42 Å². The van der Waals surface area contributed by atoms with Gasteiger partial charge in [0, 0.05) is 0 Å². The summed E-state index contributed by atoms with van der Waals surface area (Å²) in [5, 5.41) is 8.48. The second-order valence-corrected chi connectivity index (χ2v) is 2.37. The summed E-state index contributed by atoms with van der Waals surface area (Å²) >= 11 is 0. The van der Waals surface area contributed by atoms with E-state index in [1.54, 1.807) is 12.1 Å². The van der Waals surface area contributed by atoms with Gasteiger partial charge < -0.3 is 0 Å². The van der Waals surface area contributed by atoms with E-state index in [2.05, 4.69) is 0 Å². The van der Waals surface area contributed by atoms with E-state index in [1.165, 1.54) is 6.08 Å². The minimum Gasteiger partial charge on any atom is -0.216 e. The Morgan fingerprint density at radius 1 is 1.33 bits per heavy atom. The summed E-state index contributed by atoms with van der Waals surface area (Å²) in [6, 6.07) is 9.10. The predicted molar refractivity (Wildman–Crippen MR) is 45.1 cm³/mol. The number of nitriles is 1. The molecule has 60 valence electrons. The molecule has 1 aromatic rings. The number of halogens is 1. The highest BCUT2D eigenvalue weighted by molar-refractivity contribution is 5.32. The fraction of sp³-hybridized carbons (Fsp3) is 0.100. The molecule has 0 heterocycles. The lowest BCUT2D eigenvalue weighted by Gasteiger charge is -1.94. The molecule has 0 aromatic heterocycles. The number of rotatable bonds is 2. The van der Waals surface area contributed by atoms with Crippen molar-refractivity contribution in [3.63, 3.8) is 0 Å². The summed E-state index contributed by atoms with van der Waals surface area (Å²) in [7, 11) is 0. The molecule has 0 unspecified atom stereocenters. The second kappa shape index (κ2) is 4.30. The quantitative estimate of drug-likeness (QED) is 0.654. The Hall–Kier alpha value is -1.62. The third kappa shape index (κ3) is 2.21. The molecule has 2 heteroatoms. The van der Waals surface area contributed by atoms with Gasteiger partial charge in [-0.05, 0) is 24.1 Å². The highest BCUT2D eigenvalue weighted by Crippen LogP contribution is 2.04. The second-order valence-electron chi connectivity index (χ2n) is 2.37. The molecule has 1 aromatic carbocycles. The SMILES string of the molecule is N#Cc1ccc(C/C=C/F)cc1. The van der Waals surface area contributed by atoms with Gasteiger partial charge in [-0.25, -0.2) is 4.39 Å². The smallest absolute Gasteiger partial charge is 0.0991 e. The molecule has 12 heavy (non-hydrogen) atoms. The van der Waals surface area contributed by atoms with Gasteiger partial charge in [0.2, 0.25) is 0 Å². The standard InChI is InChI=1S/C10H8FN/c11-7-1-2-9-3-5-10(8-12)6-4-9/h1,3-7H,2H2/b7-1+. The van der Waals surface area contributed by atoms with E-state index in [9.17, 15) is 4.39 Å². The number of hydrogen-bond donors (Lipinski definition) is 0. The molecular weight excluding hydrogens is 153 g/mol. The van der Waals surface area contributed by atoms with Crippen LogP contribution in [0.1, 0.15) is 11.1 Å². The van der Waals surface area contributed by atoms with Gasteiger partial charge in [0.25, 0.3) is 0 Å². The molecule has 0 bridgehead atoms. The third-order valence-electron chi connectivity index (χ3n) is 1.53. The van der Waals surface area contributed by atoms with Crippen LogP contribution in [-0.4, -0.2) is 0 Å². The Bertz CT molecular complexity index is 306. The average molecular weight is 161 g/mol. The molecule has 0 saturated carbocycles. The molecule has 0 radical (unpaired) electrons. The molecule has 0 N–H and O–H groups in total. The van der Waals surface area contributed by atoms with E-state index in [-0.39, 0.29) is 0 Å². The van der Waals surface area contributed by atoms with Gasteiger partial charge in [0.05, 0.1) is 18.0 Å². The van der Waals surface area contributed by atoms with E-state index in [1.807, 2.05) is 18.2 Å². The van der Waals surface area contributed by atoms with Gasteiger partial charge in [-0.1, -0.05) is 18.2 Å². The molecule has 0 fully saturated rings. The van der Waals surface area contributed by atoms with Crippen LogP contribution in [0.4, 0.5) is 4.39 Å². The van der Waals surface area contributed by atoms with E-state index in [4.69, 9.17) is 5.26 Å². The fourth-order valence-electron chi connectivity index (χ4n) is 0.896. The van der Waals surface area contributed by atoms with Crippen molar-refractivity contribution in [2.75, 3.05) is 0 Å². The first-order chi connectivity index (χ1) is 5.86. The zero-order valence-corrected chi connectivity index (χ0v) is 6.50. The largest absolute Gasteiger partial charge is 0.216 e. The van der Waals surface area contributed by atoms with E-state index >= 15 is 0 Å². The molecule has 0 aliphatic heterocycles. The molecule has 1 rings (SSSR count). The number of benzene rings is 1. The molecular formula is C10H8FN. The number of nitrogens with zero attached hydrogens (tertiary/aromatic N) is 1. The van der Waals surface area contributed by atoms with Crippen molar-refractivity contribution in [2.45, 2.75) is 6.42 Å². The van der Waals surface area contributed by atoms with Gasteiger partial charge >= 0.3 is 0 Å². The van der Waals surface area contributed by atoms with Crippen LogP contribution >= 0.6 is 0 Å². The van der Waals surface area contributed by atoms with Gasteiger partial charge in [0.15, 0.2) is 0 Å². The van der Waals surface area contributed by atoms with Crippen LogP contribution in [0.2, 0.25) is 0 Å². The Morgan fingerprint density at radius 2 is 2.00 bits per heavy atom. The Balaban J connectivity index is 2.73. The highest BCUT2D eigenvalue weighted by Gasteiger charge is 1.90. The van der Waals surface area contributed by atoms with Crippen LogP contribution in [0.25, 0.3) is 0 Å². The van der Waals surface area contributed by atoms with Crippen molar-refractivity contribution in [3.05, 3.63) is 47.8 Å². The topological polar surface area (TPSA) is 23.8 Å². The lowest BCUT2D eigenvalue weighted by Crippen LogP contribution is -1.80. The minimum absolute atomic E-state index is 0.526. The van der Waals surface area contributed by atoms with Crippen LogP contribution in [0.5, 0.6) is 0 Å². The van der Waals surface area contributed by atoms with Gasteiger partial charge in [-0.15, -0.1) is 0 Å². The first kappa shape index (κ1) is 8.48. The Morgan fingerprint density at radius 3 is 2.50 bits per heavy atom. The molecule has 0 atom stereocenters. The summed E-state index contributed by atoms with van der Waals surface area (Å²) in [5.74, 6) is 0. The van der Waals surface area contributed by atoms with Crippen molar-refractivity contribution in [3.8, 4) is 6.07 Å². The zero-order chi connectivity index (χ0) is 8.81. The Labute approximate surface area is 70.8 Å². The van der Waals surface area contributed by atoms with Crippen LogP contribution in [0, 0.1) is 11.3 Å². The van der Waals surface area contributed by atoms with E-state index < -0.39 is 0 Å². The highest BCUT2D eigenvalue weighted by atomic mass is 19.1. The normalized spacial score (nSPS) is 10.0. The summed E-state index contributed by atoms with van der Waals surface area (Å²) in [4.78, 5) is 0. The van der Waals surface area contributed by atoms with Gasteiger partial charge in [-0.2, -0.15) is 5.26 Å². The number of hydrogen-bond acceptors (Lipinski definition) is 1. The minimum atomic E-state index is 0.526. The van der Waals surface area contributed by atoms with Crippen LogP contribution < -0.4 is 0 Å². The monoisotopic (exact) mass is 161 g/mol. The summed E-state index contributed by atoms with van der Waals surface area (Å²) < 4.78 is 11.6. The Kier molecular flexibility index (Phi) is 3.04.